The second kappa shape index (κ2) is 8.82. The van der Waals surface area contributed by atoms with Gasteiger partial charge in [-0.2, -0.15) is 0 Å². The van der Waals surface area contributed by atoms with E-state index in [-0.39, 0.29) is 30.1 Å². The van der Waals surface area contributed by atoms with Crippen LogP contribution in [0.15, 0.2) is 45.6 Å². The zero-order valence-electron chi connectivity index (χ0n) is 17.0. The Morgan fingerprint density at radius 2 is 1.83 bits per heavy atom. The highest BCUT2D eigenvalue weighted by Gasteiger charge is 2.15. The molecule has 0 unspecified atom stereocenters. The van der Waals surface area contributed by atoms with Gasteiger partial charge in [-0.25, -0.2) is 4.79 Å². The number of carbonyl (C=O) groups excluding carboxylic acids is 2. The number of phenolic OH excluding ortho intramolecular Hbond substituents is 1. The molecule has 156 valence electrons. The van der Waals surface area contributed by atoms with Crippen LogP contribution in [0.4, 0.5) is 0 Å². The molecule has 0 fully saturated rings. The van der Waals surface area contributed by atoms with Crippen molar-refractivity contribution >= 4 is 22.7 Å². The molecule has 0 aliphatic heterocycles. The van der Waals surface area contributed by atoms with Gasteiger partial charge in [0.1, 0.15) is 23.7 Å². The van der Waals surface area contributed by atoms with Gasteiger partial charge < -0.3 is 19.0 Å². The van der Waals surface area contributed by atoms with Crippen molar-refractivity contribution in [3.8, 4) is 11.5 Å². The monoisotopic (exact) mass is 410 g/mol. The number of phenols is 1. The maximum absolute atomic E-state index is 12.4. The number of carbonyl (C=O) groups is 2. The average molecular weight is 410 g/mol. The minimum absolute atomic E-state index is 0.0414. The molecule has 0 amide bonds. The Morgan fingerprint density at radius 1 is 1.07 bits per heavy atom. The lowest BCUT2D eigenvalue weighted by atomic mass is 10.0. The molecule has 3 rings (SSSR count). The van der Waals surface area contributed by atoms with Crippen LogP contribution in [-0.2, 0) is 29.0 Å². The fourth-order valence-corrected chi connectivity index (χ4v) is 3.21. The number of rotatable bonds is 7. The van der Waals surface area contributed by atoms with Crippen LogP contribution < -0.4 is 10.4 Å². The summed E-state index contributed by atoms with van der Waals surface area (Å²) in [6, 6.07) is 9.24. The number of aromatic hydroxyl groups is 1. The number of Topliss-reactive ketones (excluding diaryl/α,β-unsaturated/α-hetero) is 1. The van der Waals surface area contributed by atoms with Gasteiger partial charge in [0.25, 0.3) is 0 Å². The first-order valence-electron chi connectivity index (χ1n) is 9.44. The van der Waals surface area contributed by atoms with E-state index in [2.05, 4.69) is 0 Å². The van der Waals surface area contributed by atoms with Gasteiger partial charge in [-0.3, -0.25) is 9.59 Å². The number of hydrogen-bond donors (Lipinski definition) is 1. The molecular formula is C23H22O7. The van der Waals surface area contributed by atoms with E-state index in [1.54, 1.807) is 24.3 Å². The van der Waals surface area contributed by atoms with Crippen LogP contribution >= 0.6 is 0 Å². The van der Waals surface area contributed by atoms with Gasteiger partial charge in [-0.1, -0.05) is 6.92 Å². The third-order valence-electron chi connectivity index (χ3n) is 4.82. The van der Waals surface area contributed by atoms with E-state index in [0.717, 1.165) is 0 Å². The van der Waals surface area contributed by atoms with E-state index in [4.69, 9.17) is 13.9 Å². The summed E-state index contributed by atoms with van der Waals surface area (Å²) in [7, 11) is 1.48. The minimum atomic E-state index is -0.604. The summed E-state index contributed by atoms with van der Waals surface area (Å²) in [6.45, 7) is 3.20. The fourth-order valence-electron chi connectivity index (χ4n) is 3.21. The van der Waals surface area contributed by atoms with Gasteiger partial charge in [0.15, 0.2) is 5.78 Å². The number of aryl methyl sites for hydroxylation is 1. The highest BCUT2D eigenvalue weighted by molar-refractivity contribution is 5.94. The first-order valence-corrected chi connectivity index (χ1v) is 9.44. The van der Waals surface area contributed by atoms with Crippen molar-refractivity contribution in [1.29, 1.82) is 0 Å². The van der Waals surface area contributed by atoms with E-state index in [9.17, 15) is 19.5 Å². The topological polar surface area (TPSA) is 103 Å². The number of fused-ring (bicyclic) bond motifs is 1. The van der Waals surface area contributed by atoms with E-state index in [1.807, 2.05) is 6.92 Å². The largest absolute Gasteiger partial charge is 0.508 e. The van der Waals surface area contributed by atoms with E-state index < -0.39 is 11.6 Å². The van der Waals surface area contributed by atoms with Crippen molar-refractivity contribution in [1.82, 2.24) is 0 Å². The Labute approximate surface area is 172 Å². The summed E-state index contributed by atoms with van der Waals surface area (Å²) in [5.74, 6) is -0.139. The predicted molar refractivity (Wildman–Crippen MR) is 110 cm³/mol. The molecule has 0 aliphatic carbocycles. The maximum Gasteiger partial charge on any atom is 0.336 e. The summed E-state index contributed by atoms with van der Waals surface area (Å²) < 4.78 is 15.8. The zero-order valence-corrected chi connectivity index (χ0v) is 17.0. The van der Waals surface area contributed by atoms with Crippen LogP contribution in [0.3, 0.4) is 0 Å². The molecule has 1 N–H and O–H groups in total. The Bertz CT molecular complexity index is 1170. The number of hydrogen-bond acceptors (Lipinski definition) is 7. The number of ketones is 1. The normalized spacial score (nSPS) is 10.8. The first kappa shape index (κ1) is 21.1. The van der Waals surface area contributed by atoms with Crippen molar-refractivity contribution in [2.75, 3.05) is 7.11 Å². The lowest BCUT2D eigenvalue weighted by molar-refractivity contribution is -0.144. The quantitative estimate of drug-likeness (QED) is 0.361. The maximum atomic E-state index is 12.4. The lowest BCUT2D eigenvalue weighted by Crippen LogP contribution is -2.11. The summed E-state index contributed by atoms with van der Waals surface area (Å²) in [5.41, 5.74) is 1.79. The van der Waals surface area contributed by atoms with Crippen molar-refractivity contribution < 1.29 is 28.6 Å². The highest BCUT2D eigenvalue weighted by atomic mass is 16.5. The van der Waals surface area contributed by atoms with Gasteiger partial charge in [0.2, 0.25) is 0 Å². The number of ether oxygens (including phenoxy) is 2. The SMILES string of the molecule is CCc1cc2c(COC(=O)Cc3cc(C(C)=O)ccc3OC)cc(=O)oc2cc1O. The van der Waals surface area contributed by atoms with Gasteiger partial charge >= 0.3 is 11.6 Å². The average Bonchev–Trinajstić information content (AvgIpc) is 2.71. The van der Waals surface area contributed by atoms with Crippen LogP contribution in [0.25, 0.3) is 11.0 Å². The van der Waals surface area contributed by atoms with Crippen LogP contribution in [0, 0.1) is 0 Å². The summed E-state index contributed by atoms with van der Waals surface area (Å²) in [4.78, 5) is 35.9. The molecule has 0 saturated carbocycles. The molecule has 3 aromatic rings. The minimum Gasteiger partial charge on any atom is -0.508 e. The Balaban J connectivity index is 1.83. The van der Waals surface area contributed by atoms with Gasteiger partial charge in [0.05, 0.1) is 13.5 Å². The van der Waals surface area contributed by atoms with Crippen molar-refractivity contribution in [2.45, 2.75) is 33.3 Å². The smallest absolute Gasteiger partial charge is 0.336 e. The molecule has 2 aromatic carbocycles. The van der Waals surface area contributed by atoms with Crippen molar-refractivity contribution in [3.63, 3.8) is 0 Å². The number of benzene rings is 2. The molecule has 0 spiro atoms. The molecule has 0 radical (unpaired) electrons. The van der Waals surface area contributed by atoms with Crippen molar-refractivity contribution in [3.05, 3.63) is 69.1 Å². The molecule has 7 heteroatoms. The lowest BCUT2D eigenvalue weighted by Gasteiger charge is -2.11. The zero-order chi connectivity index (χ0) is 21.8. The number of methoxy groups -OCH3 is 1. The standard InChI is InChI=1S/C23H22O7/c1-4-14-8-18-17(10-23(27)30-21(18)11-19(14)25)12-29-22(26)9-16-7-15(13(2)24)5-6-20(16)28-3/h5-8,10-11,25H,4,9,12H2,1-3H3. The molecule has 30 heavy (non-hydrogen) atoms. The van der Waals surface area contributed by atoms with E-state index >= 15 is 0 Å². The number of esters is 1. The molecule has 1 aromatic heterocycles. The summed E-state index contributed by atoms with van der Waals surface area (Å²) >= 11 is 0. The summed E-state index contributed by atoms with van der Waals surface area (Å²) in [5, 5.41) is 10.6. The fraction of sp³-hybridized carbons (Fsp3) is 0.261. The molecule has 0 aliphatic rings. The first-order chi connectivity index (χ1) is 14.3. The molecular weight excluding hydrogens is 388 g/mol. The van der Waals surface area contributed by atoms with Crippen molar-refractivity contribution in [2.24, 2.45) is 0 Å². The van der Waals surface area contributed by atoms with Crippen LogP contribution in [0.2, 0.25) is 0 Å². The van der Waals surface area contributed by atoms with Crippen LogP contribution in [-0.4, -0.2) is 24.0 Å². The molecule has 0 atom stereocenters. The molecule has 1 heterocycles. The highest BCUT2D eigenvalue weighted by Crippen LogP contribution is 2.27. The summed E-state index contributed by atoms with van der Waals surface area (Å²) in [6.07, 6.45) is 0.497. The van der Waals surface area contributed by atoms with Crippen LogP contribution in [0.1, 0.15) is 40.9 Å². The van der Waals surface area contributed by atoms with Gasteiger partial charge in [-0.15, -0.1) is 0 Å². The van der Waals surface area contributed by atoms with E-state index in [1.165, 1.54) is 26.2 Å². The van der Waals surface area contributed by atoms with Crippen LogP contribution in [0.5, 0.6) is 11.5 Å². The second-order valence-corrected chi connectivity index (χ2v) is 6.84. The predicted octanol–water partition coefficient (Wildman–Crippen LogP) is 3.56. The Morgan fingerprint density at radius 3 is 2.50 bits per heavy atom. The molecule has 7 nitrogen and oxygen atoms in total. The van der Waals surface area contributed by atoms with Gasteiger partial charge in [0, 0.05) is 34.2 Å². The third kappa shape index (κ3) is 4.51. The Kier molecular flexibility index (Phi) is 6.20. The molecule has 0 bridgehead atoms. The van der Waals surface area contributed by atoms with Gasteiger partial charge in [-0.05, 0) is 43.2 Å². The molecule has 0 saturated heterocycles. The Hall–Kier alpha value is -3.61. The third-order valence-corrected chi connectivity index (χ3v) is 4.82. The second-order valence-electron chi connectivity index (χ2n) is 6.84. The van der Waals surface area contributed by atoms with E-state index in [0.29, 0.717) is 39.8 Å².